The fourth-order valence-corrected chi connectivity index (χ4v) is 3.49. The van der Waals surface area contributed by atoms with Crippen molar-refractivity contribution in [3.63, 3.8) is 0 Å². The van der Waals surface area contributed by atoms with Crippen molar-refractivity contribution in [3.8, 4) is 11.1 Å². The van der Waals surface area contributed by atoms with Gasteiger partial charge in [0.2, 0.25) is 0 Å². The number of carbonyl (C=O) groups excluding carboxylic acids is 3. The number of rotatable bonds is 6. The Hall–Kier alpha value is -3.15. The average molecular weight is 395 g/mol. The third kappa shape index (κ3) is 5.02. The molecule has 0 spiro atoms. The molecule has 1 atom stereocenters. The van der Waals surface area contributed by atoms with Crippen molar-refractivity contribution in [2.75, 3.05) is 6.61 Å². The first-order valence-electron chi connectivity index (χ1n) is 9.57. The molecule has 3 rings (SSSR count). The molecule has 29 heavy (non-hydrogen) atoms. The van der Waals surface area contributed by atoms with Gasteiger partial charge in [-0.25, -0.2) is 4.79 Å². The Balaban J connectivity index is 1.61. The van der Waals surface area contributed by atoms with Crippen LogP contribution in [0.2, 0.25) is 0 Å². The Kier molecular flexibility index (Phi) is 6.01. The molecule has 1 N–H and O–H groups in total. The van der Waals surface area contributed by atoms with Crippen LogP contribution in [0.5, 0.6) is 0 Å². The molecule has 0 unspecified atom stereocenters. The minimum absolute atomic E-state index is 0.0753. The van der Waals surface area contributed by atoms with E-state index < -0.39 is 23.7 Å². The molecular weight excluding hydrogens is 370 g/mol. The van der Waals surface area contributed by atoms with Crippen LogP contribution in [0.25, 0.3) is 11.1 Å². The molecule has 0 bridgehead atoms. The van der Waals surface area contributed by atoms with Crippen LogP contribution in [0.4, 0.5) is 4.79 Å². The molecule has 0 radical (unpaired) electrons. The van der Waals surface area contributed by atoms with Crippen molar-refractivity contribution in [1.29, 1.82) is 0 Å². The van der Waals surface area contributed by atoms with Crippen LogP contribution in [0.3, 0.4) is 0 Å². The van der Waals surface area contributed by atoms with Gasteiger partial charge < -0.3 is 19.6 Å². The lowest BCUT2D eigenvalue weighted by molar-refractivity contribution is -0.155. The van der Waals surface area contributed by atoms with Crippen LogP contribution >= 0.6 is 0 Å². The van der Waals surface area contributed by atoms with Crippen LogP contribution in [-0.2, 0) is 19.1 Å². The Labute approximate surface area is 170 Å². The first kappa shape index (κ1) is 20.6. The van der Waals surface area contributed by atoms with Gasteiger partial charge in [-0.3, -0.25) is 4.79 Å². The molecule has 0 saturated heterocycles. The number of hydrogen-bond acceptors (Lipinski definition) is 5. The highest BCUT2D eigenvalue weighted by Gasteiger charge is 2.29. The molecule has 2 aromatic carbocycles. The molecule has 152 valence electrons. The van der Waals surface area contributed by atoms with Crippen molar-refractivity contribution >= 4 is 18.3 Å². The minimum Gasteiger partial charge on any atom is -0.460 e. The summed E-state index contributed by atoms with van der Waals surface area (Å²) in [7, 11) is 0. The minimum atomic E-state index is -1.000. The van der Waals surface area contributed by atoms with Gasteiger partial charge in [-0.05, 0) is 43.0 Å². The summed E-state index contributed by atoms with van der Waals surface area (Å²) in [5.41, 5.74) is 3.80. The zero-order chi connectivity index (χ0) is 21.0. The number of alkyl carbamates (subject to hydrolysis) is 1. The summed E-state index contributed by atoms with van der Waals surface area (Å²) in [4.78, 5) is 35.3. The van der Waals surface area contributed by atoms with Gasteiger partial charge in [0.25, 0.3) is 0 Å². The number of fused-ring (bicyclic) bond motifs is 3. The van der Waals surface area contributed by atoms with E-state index in [1.54, 1.807) is 20.8 Å². The topological polar surface area (TPSA) is 81.7 Å². The fourth-order valence-electron chi connectivity index (χ4n) is 3.49. The third-order valence-electron chi connectivity index (χ3n) is 4.62. The zero-order valence-corrected chi connectivity index (χ0v) is 16.8. The van der Waals surface area contributed by atoms with E-state index in [9.17, 15) is 14.4 Å². The summed E-state index contributed by atoms with van der Waals surface area (Å²) in [6.45, 7) is 5.34. The number of esters is 1. The van der Waals surface area contributed by atoms with E-state index in [0.29, 0.717) is 6.29 Å². The molecule has 6 nitrogen and oxygen atoms in total. The highest BCUT2D eigenvalue weighted by molar-refractivity contribution is 5.81. The van der Waals surface area contributed by atoms with Gasteiger partial charge in [0.15, 0.2) is 0 Å². The second-order valence-corrected chi connectivity index (χ2v) is 8.00. The van der Waals surface area contributed by atoms with Crippen molar-refractivity contribution in [3.05, 3.63) is 59.7 Å². The predicted molar refractivity (Wildman–Crippen MR) is 109 cm³/mol. The molecule has 2 aromatic rings. The Bertz CT molecular complexity index is 870. The van der Waals surface area contributed by atoms with Crippen molar-refractivity contribution in [2.45, 2.75) is 44.8 Å². The maximum atomic E-state index is 12.2. The smallest absolute Gasteiger partial charge is 0.407 e. The monoisotopic (exact) mass is 395 g/mol. The summed E-state index contributed by atoms with van der Waals surface area (Å²) in [5, 5.41) is 2.43. The van der Waals surface area contributed by atoms with E-state index in [1.807, 2.05) is 36.4 Å². The number of nitrogens with one attached hydrogen (secondary N) is 1. The van der Waals surface area contributed by atoms with Gasteiger partial charge in [0.05, 0.1) is 12.5 Å². The summed E-state index contributed by atoms with van der Waals surface area (Å²) >= 11 is 0. The predicted octanol–water partition coefficient (Wildman–Crippen LogP) is 3.82. The highest BCUT2D eigenvalue weighted by atomic mass is 16.6. The molecule has 1 amide bonds. The largest absolute Gasteiger partial charge is 0.460 e. The quantitative estimate of drug-likeness (QED) is 0.594. The fraction of sp³-hybridized carbons (Fsp3) is 0.348. The lowest BCUT2D eigenvalue weighted by Crippen LogP contribution is -2.39. The Morgan fingerprint density at radius 3 is 2.10 bits per heavy atom. The van der Waals surface area contributed by atoms with E-state index in [1.165, 1.54) is 0 Å². The molecule has 0 fully saturated rings. The summed E-state index contributed by atoms with van der Waals surface area (Å²) in [6.07, 6.45) is -0.483. The average Bonchev–Trinajstić information content (AvgIpc) is 2.98. The highest BCUT2D eigenvalue weighted by Crippen LogP contribution is 2.44. The van der Waals surface area contributed by atoms with E-state index in [0.717, 1.165) is 22.3 Å². The SMILES string of the molecule is CC(C)(C)OC(=O)C[C@@H](C=O)NC(=O)OCC1c2ccccc2-c2ccccc21. The lowest BCUT2D eigenvalue weighted by atomic mass is 9.98. The van der Waals surface area contributed by atoms with Gasteiger partial charge in [0, 0.05) is 5.92 Å². The zero-order valence-electron chi connectivity index (χ0n) is 16.8. The summed E-state index contributed by atoms with van der Waals surface area (Å²) in [5.74, 6) is -0.637. The van der Waals surface area contributed by atoms with Gasteiger partial charge in [-0.15, -0.1) is 0 Å². The number of ether oxygens (including phenoxy) is 2. The molecule has 1 aliphatic carbocycles. The maximum absolute atomic E-state index is 12.2. The van der Waals surface area contributed by atoms with Crippen LogP contribution < -0.4 is 5.32 Å². The maximum Gasteiger partial charge on any atom is 0.407 e. The Morgan fingerprint density at radius 2 is 1.59 bits per heavy atom. The molecule has 1 aliphatic rings. The first-order chi connectivity index (χ1) is 13.8. The molecule has 0 aromatic heterocycles. The first-order valence-corrected chi connectivity index (χ1v) is 9.57. The summed E-state index contributed by atoms with van der Waals surface area (Å²) < 4.78 is 10.6. The standard InChI is InChI=1S/C23H25NO5/c1-23(2,3)29-21(26)12-15(13-25)24-22(27)28-14-20-18-10-6-4-8-16(18)17-9-5-7-11-19(17)20/h4-11,13,15,20H,12,14H2,1-3H3,(H,24,27)/t15-/m0/s1. The van der Waals surface area contributed by atoms with Crippen molar-refractivity contribution in [2.24, 2.45) is 0 Å². The van der Waals surface area contributed by atoms with Gasteiger partial charge >= 0.3 is 12.1 Å². The van der Waals surface area contributed by atoms with Gasteiger partial charge in [-0.2, -0.15) is 0 Å². The molecular formula is C23H25NO5. The Morgan fingerprint density at radius 1 is 1.03 bits per heavy atom. The number of amides is 1. The second-order valence-electron chi connectivity index (χ2n) is 8.00. The molecule has 0 aliphatic heterocycles. The second kappa shape index (κ2) is 8.47. The van der Waals surface area contributed by atoms with Gasteiger partial charge in [0.1, 0.15) is 18.5 Å². The molecule has 0 saturated carbocycles. The summed E-state index contributed by atoms with van der Waals surface area (Å²) in [6, 6.07) is 15.0. The molecule has 0 heterocycles. The van der Waals surface area contributed by atoms with Crippen LogP contribution in [-0.4, -0.2) is 36.6 Å². The van der Waals surface area contributed by atoms with Crippen LogP contribution in [0.1, 0.15) is 44.2 Å². The number of aldehydes is 1. The number of benzene rings is 2. The normalized spacial score (nSPS) is 13.8. The molecule has 6 heteroatoms. The lowest BCUT2D eigenvalue weighted by Gasteiger charge is -2.21. The third-order valence-corrected chi connectivity index (χ3v) is 4.62. The van der Waals surface area contributed by atoms with E-state index in [4.69, 9.17) is 9.47 Å². The van der Waals surface area contributed by atoms with E-state index in [2.05, 4.69) is 17.4 Å². The van der Waals surface area contributed by atoms with E-state index >= 15 is 0 Å². The van der Waals surface area contributed by atoms with Crippen LogP contribution in [0, 0.1) is 0 Å². The number of carbonyl (C=O) groups is 3. The number of hydrogen-bond donors (Lipinski definition) is 1. The van der Waals surface area contributed by atoms with Gasteiger partial charge in [-0.1, -0.05) is 48.5 Å². The van der Waals surface area contributed by atoms with Crippen LogP contribution in [0.15, 0.2) is 48.5 Å². The van der Waals surface area contributed by atoms with Crippen molar-refractivity contribution < 1.29 is 23.9 Å². The van der Waals surface area contributed by atoms with E-state index in [-0.39, 0.29) is 18.9 Å². The van der Waals surface area contributed by atoms with Crippen molar-refractivity contribution in [1.82, 2.24) is 5.32 Å².